The van der Waals surface area contributed by atoms with Gasteiger partial charge in [-0.25, -0.2) is 8.78 Å². The molecule has 0 bridgehead atoms. The Morgan fingerprint density at radius 3 is 2.79 bits per heavy atom. The Kier molecular flexibility index (Phi) is 3.46. The summed E-state index contributed by atoms with van der Waals surface area (Å²) in [7, 11) is 0. The van der Waals surface area contributed by atoms with Crippen molar-refractivity contribution in [3.05, 3.63) is 46.7 Å². The zero-order valence-corrected chi connectivity index (χ0v) is 10.0. The van der Waals surface area contributed by atoms with E-state index in [2.05, 4.69) is 10.5 Å². The lowest BCUT2D eigenvalue weighted by Crippen LogP contribution is -2.16. The van der Waals surface area contributed by atoms with E-state index in [1.165, 1.54) is 0 Å². The number of primary amides is 1. The molecule has 1 aromatic carbocycles. The number of carbonyl (C=O) groups is 1. The SMILES string of the molecule is Cc1cc(NCc2c(F)ccc(C(N)=O)c2F)no1. The molecule has 0 saturated carbocycles. The first kappa shape index (κ1) is 13.0. The summed E-state index contributed by atoms with van der Waals surface area (Å²) in [6, 6.07) is 3.58. The smallest absolute Gasteiger partial charge is 0.251 e. The minimum atomic E-state index is -0.972. The second-order valence-electron chi connectivity index (χ2n) is 3.93. The van der Waals surface area contributed by atoms with Crippen LogP contribution >= 0.6 is 0 Å². The zero-order valence-electron chi connectivity index (χ0n) is 10.0. The predicted molar refractivity (Wildman–Crippen MR) is 63.4 cm³/mol. The Morgan fingerprint density at radius 1 is 1.47 bits per heavy atom. The molecule has 1 amide bonds. The second-order valence-corrected chi connectivity index (χ2v) is 3.93. The molecule has 0 aliphatic rings. The highest BCUT2D eigenvalue weighted by molar-refractivity contribution is 5.93. The van der Waals surface area contributed by atoms with Crippen LogP contribution < -0.4 is 11.1 Å². The first-order valence-corrected chi connectivity index (χ1v) is 5.43. The molecule has 1 heterocycles. The predicted octanol–water partition coefficient (Wildman–Crippen LogP) is 1.97. The van der Waals surface area contributed by atoms with Crippen molar-refractivity contribution in [2.75, 3.05) is 5.32 Å². The molecule has 1 aromatic heterocycles. The number of hydrogen-bond donors (Lipinski definition) is 2. The fourth-order valence-corrected chi connectivity index (χ4v) is 1.58. The lowest BCUT2D eigenvalue weighted by atomic mass is 10.1. The van der Waals surface area contributed by atoms with E-state index >= 15 is 0 Å². The van der Waals surface area contributed by atoms with Crippen molar-refractivity contribution in [3.63, 3.8) is 0 Å². The quantitative estimate of drug-likeness (QED) is 0.887. The van der Waals surface area contributed by atoms with Gasteiger partial charge in [-0.15, -0.1) is 0 Å². The summed E-state index contributed by atoms with van der Waals surface area (Å²) in [6.07, 6.45) is 0. The molecule has 7 heteroatoms. The van der Waals surface area contributed by atoms with Gasteiger partial charge in [-0.05, 0) is 19.1 Å². The second kappa shape index (κ2) is 5.05. The molecule has 0 unspecified atom stereocenters. The van der Waals surface area contributed by atoms with Crippen LogP contribution in [0, 0.1) is 18.6 Å². The van der Waals surface area contributed by atoms with Gasteiger partial charge in [0.2, 0.25) is 0 Å². The monoisotopic (exact) mass is 267 g/mol. The molecular weight excluding hydrogens is 256 g/mol. The zero-order chi connectivity index (χ0) is 14.0. The number of nitrogens with two attached hydrogens (primary N) is 1. The van der Waals surface area contributed by atoms with Crippen LogP contribution in [0.2, 0.25) is 0 Å². The summed E-state index contributed by atoms with van der Waals surface area (Å²) in [5.74, 6) is -1.78. The topological polar surface area (TPSA) is 81.1 Å². The van der Waals surface area contributed by atoms with Gasteiger partial charge in [0.25, 0.3) is 5.91 Å². The maximum absolute atomic E-state index is 13.9. The van der Waals surface area contributed by atoms with Crippen molar-refractivity contribution in [1.29, 1.82) is 0 Å². The molecule has 19 heavy (non-hydrogen) atoms. The molecule has 0 aliphatic carbocycles. The molecule has 0 radical (unpaired) electrons. The number of hydrogen-bond acceptors (Lipinski definition) is 4. The number of nitrogens with one attached hydrogen (secondary N) is 1. The van der Waals surface area contributed by atoms with Crippen LogP contribution in [0.1, 0.15) is 21.7 Å². The van der Waals surface area contributed by atoms with E-state index in [1.807, 2.05) is 0 Å². The number of halogens is 2. The van der Waals surface area contributed by atoms with Crippen molar-refractivity contribution >= 4 is 11.7 Å². The molecule has 100 valence electrons. The maximum atomic E-state index is 13.9. The van der Waals surface area contributed by atoms with Crippen molar-refractivity contribution in [2.45, 2.75) is 13.5 Å². The molecule has 0 atom stereocenters. The van der Waals surface area contributed by atoms with E-state index in [9.17, 15) is 13.6 Å². The normalized spacial score (nSPS) is 10.5. The molecule has 0 saturated heterocycles. The number of amides is 1. The van der Waals surface area contributed by atoms with Gasteiger partial charge in [0.15, 0.2) is 5.82 Å². The molecule has 5 nitrogen and oxygen atoms in total. The molecule has 0 fully saturated rings. The van der Waals surface area contributed by atoms with Crippen LogP contribution in [-0.2, 0) is 6.54 Å². The number of benzene rings is 1. The van der Waals surface area contributed by atoms with Crippen LogP contribution in [0.4, 0.5) is 14.6 Å². The van der Waals surface area contributed by atoms with Gasteiger partial charge in [0.05, 0.1) is 5.56 Å². The van der Waals surface area contributed by atoms with E-state index in [-0.39, 0.29) is 17.7 Å². The lowest BCUT2D eigenvalue weighted by molar-refractivity contribution is 0.0996. The summed E-state index contributed by atoms with van der Waals surface area (Å²) in [6.45, 7) is 1.51. The van der Waals surface area contributed by atoms with E-state index < -0.39 is 17.5 Å². The first-order valence-electron chi connectivity index (χ1n) is 5.43. The van der Waals surface area contributed by atoms with E-state index in [0.717, 1.165) is 12.1 Å². The summed E-state index contributed by atoms with van der Waals surface area (Å²) in [5.41, 5.74) is 4.36. The highest BCUT2D eigenvalue weighted by Gasteiger charge is 2.17. The minimum Gasteiger partial charge on any atom is -0.366 e. The number of rotatable bonds is 4. The molecule has 3 N–H and O–H groups in total. The van der Waals surface area contributed by atoms with Gasteiger partial charge in [-0.3, -0.25) is 4.79 Å². The van der Waals surface area contributed by atoms with Gasteiger partial charge < -0.3 is 15.6 Å². The van der Waals surface area contributed by atoms with E-state index in [1.54, 1.807) is 13.0 Å². The molecular formula is C12H11F2N3O2. The Labute approximate surface area is 107 Å². The van der Waals surface area contributed by atoms with Gasteiger partial charge in [-0.1, -0.05) is 5.16 Å². The molecule has 0 aliphatic heterocycles. The average Bonchev–Trinajstić information content (AvgIpc) is 2.74. The third-order valence-corrected chi connectivity index (χ3v) is 2.53. The average molecular weight is 267 g/mol. The van der Waals surface area contributed by atoms with Crippen molar-refractivity contribution < 1.29 is 18.1 Å². The summed E-state index contributed by atoms with van der Waals surface area (Å²) >= 11 is 0. The van der Waals surface area contributed by atoms with Crippen LogP contribution in [0.5, 0.6) is 0 Å². The fourth-order valence-electron chi connectivity index (χ4n) is 1.58. The van der Waals surface area contributed by atoms with E-state index in [4.69, 9.17) is 10.3 Å². The maximum Gasteiger partial charge on any atom is 0.251 e. The molecule has 2 rings (SSSR count). The molecule has 0 spiro atoms. The van der Waals surface area contributed by atoms with Crippen molar-refractivity contribution in [3.8, 4) is 0 Å². The summed E-state index contributed by atoms with van der Waals surface area (Å²) in [4.78, 5) is 11.0. The number of aryl methyl sites for hydroxylation is 1. The van der Waals surface area contributed by atoms with Crippen LogP contribution in [0.3, 0.4) is 0 Å². The highest BCUT2D eigenvalue weighted by Crippen LogP contribution is 2.18. The minimum absolute atomic E-state index is 0.176. The van der Waals surface area contributed by atoms with Crippen molar-refractivity contribution in [1.82, 2.24) is 5.16 Å². The standard InChI is InChI=1S/C12H11F2N3O2/c1-6-4-10(17-19-6)16-5-8-9(13)3-2-7(11(8)14)12(15)18/h2-4H,5H2,1H3,(H2,15,18)(H,16,17). The third-order valence-electron chi connectivity index (χ3n) is 2.53. The summed E-state index contributed by atoms with van der Waals surface area (Å²) < 4.78 is 32.2. The van der Waals surface area contributed by atoms with Gasteiger partial charge >= 0.3 is 0 Å². The van der Waals surface area contributed by atoms with Crippen LogP contribution in [0.15, 0.2) is 22.7 Å². The van der Waals surface area contributed by atoms with Gasteiger partial charge in [0, 0.05) is 18.2 Å². The fraction of sp³-hybridized carbons (Fsp3) is 0.167. The Balaban J connectivity index is 2.24. The largest absolute Gasteiger partial charge is 0.366 e. The Hall–Kier alpha value is -2.44. The number of carbonyl (C=O) groups excluding carboxylic acids is 1. The number of anilines is 1. The Bertz CT molecular complexity index is 625. The van der Waals surface area contributed by atoms with E-state index in [0.29, 0.717) is 11.6 Å². The third kappa shape index (κ3) is 2.70. The first-order chi connectivity index (χ1) is 8.99. The van der Waals surface area contributed by atoms with Gasteiger partial charge in [-0.2, -0.15) is 0 Å². The lowest BCUT2D eigenvalue weighted by Gasteiger charge is -2.08. The molecule has 2 aromatic rings. The van der Waals surface area contributed by atoms with Crippen molar-refractivity contribution in [2.24, 2.45) is 5.73 Å². The highest BCUT2D eigenvalue weighted by atomic mass is 19.1. The van der Waals surface area contributed by atoms with Gasteiger partial charge in [0.1, 0.15) is 17.4 Å². The van der Waals surface area contributed by atoms with Crippen LogP contribution in [0.25, 0.3) is 0 Å². The number of nitrogens with zero attached hydrogens (tertiary/aromatic N) is 1. The summed E-state index contributed by atoms with van der Waals surface area (Å²) in [5, 5.41) is 6.32. The Morgan fingerprint density at radius 2 is 2.21 bits per heavy atom. The van der Waals surface area contributed by atoms with Crippen LogP contribution in [-0.4, -0.2) is 11.1 Å². The number of aromatic nitrogens is 1.